The third-order valence-corrected chi connectivity index (χ3v) is 1.26. The number of carbonyl (C=O) groups excluding carboxylic acids is 1. The van der Waals surface area contributed by atoms with Gasteiger partial charge in [-0.3, -0.25) is 0 Å². The zero-order valence-corrected chi connectivity index (χ0v) is 8.70. The predicted octanol–water partition coefficient (Wildman–Crippen LogP) is 0.786. The summed E-state index contributed by atoms with van der Waals surface area (Å²) in [7, 11) is 0. The highest BCUT2D eigenvalue weighted by molar-refractivity contribution is 5.68. The van der Waals surface area contributed by atoms with Crippen LogP contribution in [0, 0.1) is 11.3 Å². The molecule has 5 nitrogen and oxygen atoms in total. The Morgan fingerprint density at radius 3 is 2.57 bits per heavy atom. The molecule has 0 aromatic rings. The van der Waals surface area contributed by atoms with E-state index in [9.17, 15) is 4.79 Å². The molecule has 1 atom stereocenters. The van der Waals surface area contributed by atoms with Gasteiger partial charge in [0.2, 0.25) is 0 Å². The lowest BCUT2D eigenvalue weighted by Crippen LogP contribution is -2.38. The number of aliphatic hydroxyl groups is 1. The smallest absolute Gasteiger partial charge is 0.408 e. The van der Waals surface area contributed by atoms with Gasteiger partial charge in [0, 0.05) is 13.0 Å². The molecule has 1 amide bonds. The van der Waals surface area contributed by atoms with Gasteiger partial charge in [0.25, 0.3) is 0 Å². The molecule has 0 bridgehead atoms. The first-order valence-electron chi connectivity index (χ1n) is 4.39. The van der Waals surface area contributed by atoms with Crippen molar-refractivity contribution in [2.75, 3.05) is 6.61 Å². The van der Waals surface area contributed by atoms with E-state index < -0.39 is 17.7 Å². The van der Waals surface area contributed by atoms with Crippen molar-refractivity contribution in [3.05, 3.63) is 0 Å². The monoisotopic (exact) mass is 200 g/mol. The molecule has 80 valence electrons. The summed E-state index contributed by atoms with van der Waals surface area (Å²) in [5, 5.41) is 19.5. The van der Waals surface area contributed by atoms with E-state index in [4.69, 9.17) is 15.1 Å². The number of alkyl carbamates (subject to hydrolysis) is 1. The number of amides is 1. The Labute approximate surface area is 83.7 Å². The van der Waals surface area contributed by atoms with Crippen LogP contribution in [0.15, 0.2) is 0 Å². The molecule has 0 fully saturated rings. The molecule has 5 heteroatoms. The maximum Gasteiger partial charge on any atom is 0.408 e. The van der Waals surface area contributed by atoms with E-state index in [1.165, 1.54) is 0 Å². The fourth-order valence-corrected chi connectivity index (χ4v) is 0.748. The van der Waals surface area contributed by atoms with Crippen LogP contribution in [0.3, 0.4) is 0 Å². The van der Waals surface area contributed by atoms with Crippen molar-refractivity contribution in [3.8, 4) is 6.07 Å². The molecular weight excluding hydrogens is 184 g/mol. The minimum Gasteiger partial charge on any atom is -0.444 e. The van der Waals surface area contributed by atoms with E-state index in [0.717, 1.165) is 0 Å². The molecule has 14 heavy (non-hydrogen) atoms. The van der Waals surface area contributed by atoms with Crippen LogP contribution in [0.1, 0.15) is 27.2 Å². The number of hydrogen-bond acceptors (Lipinski definition) is 4. The van der Waals surface area contributed by atoms with Crippen LogP contribution >= 0.6 is 0 Å². The Morgan fingerprint density at radius 1 is 1.64 bits per heavy atom. The SMILES string of the molecule is CC(C)(C)OC(=O)NC(C#N)CCO. The minimum atomic E-state index is -0.699. The molecule has 0 saturated heterocycles. The van der Waals surface area contributed by atoms with Crippen LogP contribution in [0.5, 0.6) is 0 Å². The Balaban J connectivity index is 3.99. The van der Waals surface area contributed by atoms with Gasteiger partial charge in [-0.05, 0) is 20.8 Å². The molecule has 1 unspecified atom stereocenters. The van der Waals surface area contributed by atoms with Gasteiger partial charge in [0.1, 0.15) is 11.6 Å². The van der Waals surface area contributed by atoms with E-state index in [2.05, 4.69) is 5.32 Å². The number of nitrogens with zero attached hydrogens (tertiary/aromatic N) is 1. The van der Waals surface area contributed by atoms with E-state index in [1.54, 1.807) is 20.8 Å². The highest BCUT2D eigenvalue weighted by atomic mass is 16.6. The molecule has 0 aromatic carbocycles. The Kier molecular flexibility index (Phi) is 4.95. The van der Waals surface area contributed by atoms with E-state index >= 15 is 0 Å². The third-order valence-electron chi connectivity index (χ3n) is 1.26. The van der Waals surface area contributed by atoms with Crippen molar-refractivity contribution in [3.63, 3.8) is 0 Å². The molecule has 0 aliphatic carbocycles. The maximum absolute atomic E-state index is 11.1. The quantitative estimate of drug-likeness (QED) is 0.705. The van der Waals surface area contributed by atoms with Crippen LogP contribution in [0.4, 0.5) is 4.79 Å². The number of hydrogen-bond donors (Lipinski definition) is 2. The average molecular weight is 200 g/mol. The Morgan fingerprint density at radius 2 is 2.21 bits per heavy atom. The normalized spacial score (nSPS) is 12.8. The molecule has 0 saturated carbocycles. The molecular formula is C9H16N2O3. The van der Waals surface area contributed by atoms with Crippen molar-refractivity contribution in [2.45, 2.75) is 38.8 Å². The number of carbonyl (C=O) groups is 1. The lowest BCUT2D eigenvalue weighted by atomic mass is 10.2. The van der Waals surface area contributed by atoms with Gasteiger partial charge in [0.15, 0.2) is 0 Å². The number of nitriles is 1. The molecule has 0 radical (unpaired) electrons. The maximum atomic E-state index is 11.1. The largest absolute Gasteiger partial charge is 0.444 e. The average Bonchev–Trinajstić information content (AvgIpc) is 2.00. The van der Waals surface area contributed by atoms with Gasteiger partial charge in [-0.25, -0.2) is 4.79 Å². The fourth-order valence-electron chi connectivity index (χ4n) is 0.748. The van der Waals surface area contributed by atoms with Gasteiger partial charge in [-0.1, -0.05) is 0 Å². The summed E-state index contributed by atoms with van der Waals surface area (Å²) in [6, 6.07) is 1.15. The highest BCUT2D eigenvalue weighted by Crippen LogP contribution is 2.06. The Hall–Kier alpha value is -1.28. The van der Waals surface area contributed by atoms with Crippen molar-refractivity contribution >= 4 is 6.09 Å². The van der Waals surface area contributed by atoms with Crippen molar-refractivity contribution in [1.29, 1.82) is 5.26 Å². The lowest BCUT2D eigenvalue weighted by Gasteiger charge is -2.20. The number of aliphatic hydroxyl groups excluding tert-OH is 1. The van der Waals surface area contributed by atoms with E-state index in [-0.39, 0.29) is 13.0 Å². The van der Waals surface area contributed by atoms with Crippen LogP contribution < -0.4 is 5.32 Å². The van der Waals surface area contributed by atoms with Gasteiger partial charge in [-0.2, -0.15) is 5.26 Å². The minimum absolute atomic E-state index is 0.145. The summed E-state index contributed by atoms with van der Waals surface area (Å²) in [6.45, 7) is 5.06. The summed E-state index contributed by atoms with van der Waals surface area (Å²) < 4.78 is 4.93. The van der Waals surface area contributed by atoms with Crippen LogP contribution in [-0.2, 0) is 4.74 Å². The topological polar surface area (TPSA) is 82.3 Å². The third kappa shape index (κ3) is 6.26. The predicted molar refractivity (Wildman–Crippen MR) is 50.5 cm³/mol. The zero-order chi connectivity index (χ0) is 11.2. The van der Waals surface area contributed by atoms with Crippen LogP contribution in [0.2, 0.25) is 0 Å². The van der Waals surface area contributed by atoms with Crippen molar-refractivity contribution in [2.24, 2.45) is 0 Å². The van der Waals surface area contributed by atoms with Gasteiger partial charge >= 0.3 is 6.09 Å². The number of nitrogens with one attached hydrogen (secondary N) is 1. The first kappa shape index (κ1) is 12.7. The Bertz CT molecular complexity index is 227. The van der Waals surface area contributed by atoms with Crippen molar-refractivity contribution < 1.29 is 14.6 Å². The standard InChI is InChI=1S/C9H16N2O3/c1-9(2,3)14-8(13)11-7(6-10)4-5-12/h7,12H,4-5H2,1-3H3,(H,11,13). The second kappa shape index (κ2) is 5.45. The highest BCUT2D eigenvalue weighted by Gasteiger charge is 2.18. The number of rotatable bonds is 3. The molecule has 0 aromatic heterocycles. The van der Waals surface area contributed by atoms with Gasteiger partial charge in [0.05, 0.1) is 6.07 Å². The summed E-state index contributed by atoms with van der Waals surface area (Å²) >= 11 is 0. The molecule has 0 aliphatic rings. The fraction of sp³-hybridized carbons (Fsp3) is 0.778. The summed E-state index contributed by atoms with van der Waals surface area (Å²) in [5.74, 6) is 0. The van der Waals surface area contributed by atoms with Gasteiger partial charge in [-0.15, -0.1) is 0 Å². The van der Waals surface area contributed by atoms with Crippen molar-refractivity contribution in [1.82, 2.24) is 5.32 Å². The second-order valence-electron chi connectivity index (χ2n) is 3.84. The van der Waals surface area contributed by atoms with Gasteiger partial charge < -0.3 is 15.2 Å². The molecule has 0 aliphatic heterocycles. The second-order valence-corrected chi connectivity index (χ2v) is 3.84. The zero-order valence-electron chi connectivity index (χ0n) is 8.70. The number of ether oxygens (including phenoxy) is 1. The first-order valence-corrected chi connectivity index (χ1v) is 4.39. The lowest BCUT2D eigenvalue weighted by molar-refractivity contribution is 0.0511. The first-order chi connectivity index (χ1) is 6.39. The molecule has 0 spiro atoms. The summed E-state index contributed by atoms with van der Waals surface area (Å²) in [6.07, 6.45) is -0.437. The molecule has 2 N–H and O–H groups in total. The van der Waals surface area contributed by atoms with Crippen LogP contribution in [0.25, 0.3) is 0 Å². The summed E-state index contributed by atoms with van der Waals surface area (Å²) in [4.78, 5) is 11.1. The van der Waals surface area contributed by atoms with E-state index in [0.29, 0.717) is 0 Å². The van der Waals surface area contributed by atoms with E-state index in [1.807, 2.05) is 6.07 Å². The van der Waals surface area contributed by atoms with Crippen LogP contribution in [-0.4, -0.2) is 29.4 Å². The molecule has 0 rings (SSSR count). The molecule has 0 heterocycles. The summed E-state index contributed by atoms with van der Waals surface area (Å²) in [5.41, 5.74) is -0.580.